The predicted octanol–water partition coefficient (Wildman–Crippen LogP) is 1.86. The van der Waals surface area contributed by atoms with Crippen molar-refractivity contribution < 1.29 is 4.74 Å². The molecule has 0 radical (unpaired) electrons. The molecule has 0 amide bonds. The van der Waals surface area contributed by atoms with Gasteiger partial charge in [-0.15, -0.1) is 0 Å². The van der Waals surface area contributed by atoms with Crippen LogP contribution >= 0.6 is 0 Å². The first-order valence-electron chi connectivity index (χ1n) is 6.02. The Labute approximate surface area is 96.4 Å². The fourth-order valence-electron chi connectivity index (χ4n) is 2.76. The summed E-state index contributed by atoms with van der Waals surface area (Å²) in [6, 6.07) is 5.38. The molecule has 2 aliphatic rings. The number of fused-ring (bicyclic) bond motifs is 1. The van der Waals surface area contributed by atoms with Gasteiger partial charge >= 0.3 is 0 Å². The van der Waals surface area contributed by atoms with Crippen LogP contribution in [0.15, 0.2) is 18.3 Å². The lowest BCUT2D eigenvalue weighted by Gasteiger charge is -2.23. The van der Waals surface area contributed by atoms with E-state index >= 15 is 0 Å². The first-order valence-corrected chi connectivity index (χ1v) is 6.02. The molecule has 0 bridgehead atoms. The number of rotatable bonds is 3. The molecule has 3 nitrogen and oxygen atoms in total. The van der Waals surface area contributed by atoms with E-state index < -0.39 is 0 Å². The Hall–Kier alpha value is -1.09. The molecule has 2 heterocycles. The van der Waals surface area contributed by atoms with E-state index in [4.69, 9.17) is 4.74 Å². The second-order valence-electron chi connectivity index (χ2n) is 5.02. The Morgan fingerprint density at radius 2 is 2.38 bits per heavy atom. The van der Waals surface area contributed by atoms with Crippen molar-refractivity contribution in [3.05, 3.63) is 24.0 Å². The van der Waals surface area contributed by atoms with Crippen molar-refractivity contribution in [2.24, 2.45) is 5.92 Å². The molecular weight excluding hydrogens is 200 g/mol. The summed E-state index contributed by atoms with van der Waals surface area (Å²) < 4.78 is 5.86. The van der Waals surface area contributed by atoms with E-state index in [2.05, 4.69) is 16.9 Å². The lowest BCUT2D eigenvalue weighted by Crippen LogP contribution is -2.33. The molecule has 1 saturated heterocycles. The highest BCUT2D eigenvalue weighted by molar-refractivity contribution is 5.25. The van der Waals surface area contributed by atoms with Crippen LogP contribution in [0.1, 0.15) is 18.5 Å². The number of likely N-dealkylation sites (N-methyl/N-ethyl adjacent to an activating group) is 1. The molecule has 2 fully saturated rings. The summed E-state index contributed by atoms with van der Waals surface area (Å²) in [7, 11) is 2.22. The van der Waals surface area contributed by atoms with E-state index in [1.165, 1.54) is 12.8 Å². The van der Waals surface area contributed by atoms with Crippen molar-refractivity contribution >= 4 is 0 Å². The largest absolute Gasteiger partial charge is 0.490 e. The van der Waals surface area contributed by atoms with Crippen LogP contribution in [0, 0.1) is 12.8 Å². The maximum atomic E-state index is 5.86. The number of nitrogens with zero attached hydrogens (tertiary/aromatic N) is 2. The number of hydrogen-bond donors (Lipinski definition) is 0. The third-order valence-corrected chi connectivity index (χ3v) is 3.95. The molecule has 1 saturated carbocycles. The number of aryl methyl sites for hydroxylation is 1. The molecule has 1 aliphatic carbocycles. The van der Waals surface area contributed by atoms with Crippen molar-refractivity contribution in [2.45, 2.75) is 31.8 Å². The summed E-state index contributed by atoms with van der Waals surface area (Å²) >= 11 is 0. The number of likely N-dealkylation sites (tertiary alicyclic amines) is 1. The van der Waals surface area contributed by atoms with E-state index in [0.717, 1.165) is 30.0 Å². The van der Waals surface area contributed by atoms with Crippen LogP contribution < -0.4 is 4.74 Å². The third-order valence-electron chi connectivity index (χ3n) is 3.95. The van der Waals surface area contributed by atoms with Gasteiger partial charge in [-0.1, -0.05) is 0 Å². The van der Waals surface area contributed by atoms with E-state index in [9.17, 15) is 0 Å². The summed E-state index contributed by atoms with van der Waals surface area (Å²) in [5, 5.41) is 0. The second kappa shape index (κ2) is 3.74. The molecule has 0 spiro atoms. The van der Waals surface area contributed by atoms with Gasteiger partial charge in [0, 0.05) is 18.3 Å². The summed E-state index contributed by atoms with van der Waals surface area (Å²) in [6.07, 6.45) is 4.51. The highest BCUT2D eigenvalue weighted by Gasteiger charge is 2.50. The number of hydrogen-bond acceptors (Lipinski definition) is 3. The van der Waals surface area contributed by atoms with Crippen molar-refractivity contribution in [3.8, 4) is 5.75 Å². The Kier molecular flexibility index (Phi) is 2.36. The van der Waals surface area contributed by atoms with Crippen molar-refractivity contribution in [3.63, 3.8) is 0 Å². The van der Waals surface area contributed by atoms with E-state index in [0.29, 0.717) is 6.04 Å². The van der Waals surface area contributed by atoms with Crippen LogP contribution in [-0.4, -0.2) is 35.6 Å². The highest BCUT2D eigenvalue weighted by Crippen LogP contribution is 2.46. The van der Waals surface area contributed by atoms with Crippen LogP contribution in [0.3, 0.4) is 0 Å². The minimum absolute atomic E-state index is 0.600. The number of aromatic nitrogens is 1. The molecule has 3 atom stereocenters. The van der Waals surface area contributed by atoms with Crippen LogP contribution in [0.25, 0.3) is 0 Å². The lowest BCUT2D eigenvalue weighted by molar-refractivity contribution is 0.175. The van der Waals surface area contributed by atoms with Gasteiger partial charge < -0.3 is 4.74 Å². The van der Waals surface area contributed by atoms with Gasteiger partial charge in [0.1, 0.15) is 12.4 Å². The minimum Gasteiger partial charge on any atom is -0.490 e. The topological polar surface area (TPSA) is 25.4 Å². The number of ether oxygens (including phenoxy) is 1. The Bertz CT molecular complexity index is 393. The maximum Gasteiger partial charge on any atom is 0.140 e. The summed E-state index contributed by atoms with van der Waals surface area (Å²) in [6.45, 7) is 2.79. The van der Waals surface area contributed by atoms with Gasteiger partial charge in [0.2, 0.25) is 0 Å². The average molecular weight is 218 g/mol. The molecule has 3 rings (SSSR count). The SMILES string of the molecule is Cc1ncccc1OC[C@@H]1C[C@H]2C[C@H]2N1C. The van der Waals surface area contributed by atoms with Gasteiger partial charge in [0.25, 0.3) is 0 Å². The number of pyridine rings is 1. The Balaban J connectivity index is 1.59. The first kappa shape index (κ1) is 10.1. The number of piperidine rings is 1. The zero-order chi connectivity index (χ0) is 11.1. The summed E-state index contributed by atoms with van der Waals surface area (Å²) in [4.78, 5) is 6.71. The average Bonchev–Trinajstić information content (AvgIpc) is 2.98. The standard InChI is InChI=1S/C13H18N2O/c1-9-13(4-3-5-14-9)16-8-11-6-10-7-12(10)15(11)2/h3-5,10-12H,6-8H2,1-2H3/t10-,11-,12+/m0/s1. The normalized spacial score (nSPS) is 32.5. The van der Waals surface area contributed by atoms with E-state index in [-0.39, 0.29) is 0 Å². The van der Waals surface area contributed by atoms with Crippen LogP contribution in [-0.2, 0) is 0 Å². The van der Waals surface area contributed by atoms with Gasteiger partial charge in [0.15, 0.2) is 0 Å². The van der Waals surface area contributed by atoms with Crippen LogP contribution in [0.5, 0.6) is 5.75 Å². The van der Waals surface area contributed by atoms with E-state index in [1.807, 2.05) is 19.1 Å². The zero-order valence-corrected chi connectivity index (χ0v) is 9.89. The third kappa shape index (κ3) is 1.69. The van der Waals surface area contributed by atoms with Gasteiger partial charge in [-0.25, -0.2) is 0 Å². The zero-order valence-electron chi connectivity index (χ0n) is 9.89. The van der Waals surface area contributed by atoms with Crippen LogP contribution in [0.4, 0.5) is 0 Å². The molecule has 1 aromatic heterocycles. The van der Waals surface area contributed by atoms with Gasteiger partial charge in [-0.2, -0.15) is 0 Å². The summed E-state index contributed by atoms with van der Waals surface area (Å²) in [5.74, 6) is 1.88. The molecule has 86 valence electrons. The second-order valence-corrected chi connectivity index (χ2v) is 5.02. The predicted molar refractivity (Wildman–Crippen MR) is 62.5 cm³/mol. The van der Waals surface area contributed by atoms with Crippen molar-refractivity contribution in [2.75, 3.05) is 13.7 Å². The Morgan fingerprint density at radius 3 is 3.06 bits per heavy atom. The van der Waals surface area contributed by atoms with Crippen LogP contribution in [0.2, 0.25) is 0 Å². The van der Waals surface area contributed by atoms with Gasteiger partial charge in [-0.3, -0.25) is 9.88 Å². The maximum absolute atomic E-state index is 5.86. The molecule has 1 aliphatic heterocycles. The molecule has 16 heavy (non-hydrogen) atoms. The molecule has 3 heteroatoms. The fraction of sp³-hybridized carbons (Fsp3) is 0.615. The fourth-order valence-corrected chi connectivity index (χ4v) is 2.76. The quantitative estimate of drug-likeness (QED) is 0.774. The van der Waals surface area contributed by atoms with E-state index in [1.54, 1.807) is 6.20 Å². The molecular formula is C13H18N2O. The smallest absolute Gasteiger partial charge is 0.140 e. The monoisotopic (exact) mass is 218 g/mol. The lowest BCUT2D eigenvalue weighted by atomic mass is 10.2. The van der Waals surface area contributed by atoms with Crippen molar-refractivity contribution in [1.82, 2.24) is 9.88 Å². The van der Waals surface area contributed by atoms with Gasteiger partial charge in [0.05, 0.1) is 5.69 Å². The minimum atomic E-state index is 0.600. The molecule has 1 aromatic rings. The van der Waals surface area contributed by atoms with Crippen molar-refractivity contribution in [1.29, 1.82) is 0 Å². The molecule has 0 N–H and O–H groups in total. The highest BCUT2D eigenvalue weighted by atomic mass is 16.5. The first-order chi connectivity index (χ1) is 7.75. The molecule has 0 aromatic carbocycles. The molecule has 0 unspecified atom stereocenters. The Morgan fingerprint density at radius 1 is 1.50 bits per heavy atom. The van der Waals surface area contributed by atoms with Gasteiger partial charge in [-0.05, 0) is 44.9 Å². The summed E-state index contributed by atoms with van der Waals surface area (Å²) in [5.41, 5.74) is 0.980.